The summed E-state index contributed by atoms with van der Waals surface area (Å²) in [5.41, 5.74) is 0.345. The van der Waals surface area contributed by atoms with E-state index in [9.17, 15) is 4.79 Å². The minimum atomic E-state index is -0.257. The van der Waals surface area contributed by atoms with Gasteiger partial charge < -0.3 is 10.2 Å². The molecule has 3 rings (SSSR count). The first kappa shape index (κ1) is 13.1. The molecule has 2 aromatic heterocycles. The molecule has 0 amide bonds. The van der Waals surface area contributed by atoms with Crippen LogP contribution in [-0.4, -0.2) is 44.8 Å². The van der Waals surface area contributed by atoms with Crippen molar-refractivity contribution in [2.24, 2.45) is 0 Å². The quantitative estimate of drug-likeness (QED) is 0.844. The van der Waals surface area contributed by atoms with E-state index in [2.05, 4.69) is 39.2 Å². The summed E-state index contributed by atoms with van der Waals surface area (Å²) in [5.74, 6) is 0.861. The molecule has 0 spiro atoms. The predicted molar refractivity (Wildman–Crippen MR) is 77.1 cm³/mol. The van der Waals surface area contributed by atoms with Crippen molar-refractivity contribution in [1.29, 1.82) is 0 Å². The number of nitrogens with zero attached hydrogens (tertiary/aromatic N) is 4. The maximum Gasteiger partial charge on any atom is 0.348 e. The van der Waals surface area contributed by atoms with Gasteiger partial charge in [-0.3, -0.25) is 0 Å². The molecule has 7 heteroatoms. The van der Waals surface area contributed by atoms with Crippen LogP contribution in [0.3, 0.4) is 0 Å². The summed E-state index contributed by atoms with van der Waals surface area (Å²) >= 11 is 0. The number of anilines is 1. The van der Waals surface area contributed by atoms with Gasteiger partial charge in [-0.15, -0.1) is 0 Å². The Hall–Kier alpha value is -1.89. The van der Waals surface area contributed by atoms with Crippen LogP contribution in [-0.2, 0) is 0 Å². The highest BCUT2D eigenvalue weighted by molar-refractivity contribution is 5.50. The van der Waals surface area contributed by atoms with Crippen molar-refractivity contribution in [2.75, 3.05) is 18.0 Å². The zero-order valence-corrected chi connectivity index (χ0v) is 11.8. The summed E-state index contributed by atoms with van der Waals surface area (Å²) in [6.45, 7) is 6.32. The van der Waals surface area contributed by atoms with Crippen molar-refractivity contribution >= 4 is 11.5 Å². The van der Waals surface area contributed by atoms with Crippen molar-refractivity contribution in [3.8, 4) is 0 Å². The Bertz CT molecular complexity index is 640. The molecule has 1 atom stereocenters. The Balaban J connectivity index is 1.89. The summed E-state index contributed by atoms with van der Waals surface area (Å²) in [4.78, 5) is 18.1. The molecular formula is C13H20N6O. The summed E-state index contributed by atoms with van der Waals surface area (Å²) < 4.78 is 1.41. The third kappa shape index (κ3) is 2.40. The fraction of sp³-hybridized carbons (Fsp3) is 0.615. The maximum absolute atomic E-state index is 11.5. The van der Waals surface area contributed by atoms with Gasteiger partial charge in [-0.2, -0.15) is 5.10 Å². The van der Waals surface area contributed by atoms with Gasteiger partial charge >= 0.3 is 5.69 Å². The number of rotatable bonds is 4. The van der Waals surface area contributed by atoms with Gasteiger partial charge in [0, 0.05) is 24.7 Å². The van der Waals surface area contributed by atoms with Crippen LogP contribution in [0.5, 0.6) is 0 Å². The average molecular weight is 276 g/mol. The Kier molecular flexibility index (Phi) is 3.43. The van der Waals surface area contributed by atoms with E-state index < -0.39 is 0 Å². The Morgan fingerprint density at radius 1 is 1.55 bits per heavy atom. The van der Waals surface area contributed by atoms with E-state index in [1.807, 2.05) is 6.07 Å². The van der Waals surface area contributed by atoms with Crippen molar-refractivity contribution in [3.05, 3.63) is 22.9 Å². The van der Waals surface area contributed by atoms with Crippen LogP contribution < -0.4 is 15.9 Å². The molecule has 3 heterocycles. The molecule has 2 aromatic rings. The Morgan fingerprint density at radius 3 is 3.10 bits per heavy atom. The fourth-order valence-corrected chi connectivity index (χ4v) is 2.68. The second-order valence-electron chi connectivity index (χ2n) is 5.54. The Morgan fingerprint density at radius 2 is 2.40 bits per heavy atom. The summed E-state index contributed by atoms with van der Waals surface area (Å²) in [6, 6.07) is 2.71. The van der Waals surface area contributed by atoms with Gasteiger partial charge in [0.25, 0.3) is 0 Å². The molecule has 1 aliphatic rings. The molecule has 0 saturated carbocycles. The zero-order valence-electron chi connectivity index (χ0n) is 11.8. The number of fused-ring (bicyclic) bond motifs is 1. The molecule has 0 bridgehead atoms. The third-order valence-electron chi connectivity index (χ3n) is 3.79. The second-order valence-corrected chi connectivity index (χ2v) is 5.54. The highest BCUT2D eigenvalue weighted by Gasteiger charge is 2.21. The van der Waals surface area contributed by atoms with E-state index in [1.165, 1.54) is 23.6 Å². The molecule has 7 nitrogen and oxygen atoms in total. The highest BCUT2D eigenvalue weighted by atomic mass is 16.1. The first-order valence-electron chi connectivity index (χ1n) is 7.08. The lowest BCUT2D eigenvalue weighted by Crippen LogP contribution is -2.41. The van der Waals surface area contributed by atoms with Crippen molar-refractivity contribution in [3.63, 3.8) is 0 Å². The normalized spacial score (nSPS) is 19.1. The van der Waals surface area contributed by atoms with Gasteiger partial charge in [-0.1, -0.05) is 0 Å². The number of hydrogen-bond donors (Lipinski definition) is 2. The summed E-state index contributed by atoms with van der Waals surface area (Å²) in [7, 11) is 0. The third-order valence-corrected chi connectivity index (χ3v) is 3.79. The number of aromatic nitrogens is 4. The molecule has 0 aromatic carbocycles. The molecule has 1 saturated heterocycles. The van der Waals surface area contributed by atoms with Gasteiger partial charge in [0.15, 0.2) is 5.65 Å². The van der Waals surface area contributed by atoms with Crippen LogP contribution in [0.15, 0.2) is 17.2 Å². The van der Waals surface area contributed by atoms with Crippen molar-refractivity contribution < 1.29 is 0 Å². The number of hydrogen-bond acceptors (Lipinski definition) is 5. The van der Waals surface area contributed by atoms with E-state index in [-0.39, 0.29) is 5.69 Å². The van der Waals surface area contributed by atoms with Crippen LogP contribution in [0.25, 0.3) is 5.65 Å². The minimum Gasteiger partial charge on any atom is -0.352 e. The van der Waals surface area contributed by atoms with E-state index in [1.54, 1.807) is 0 Å². The van der Waals surface area contributed by atoms with Crippen LogP contribution in [0, 0.1) is 0 Å². The Labute approximate surface area is 117 Å². The van der Waals surface area contributed by atoms with E-state index in [0.717, 1.165) is 18.9 Å². The number of aromatic amines is 1. The molecule has 1 fully saturated rings. The van der Waals surface area contributed by atoms with Crippen molar-refractivity contribution in [1.82, 2.24) is 24.9 Å². The first-order chi connectivity index (χ1) is 9.65. The van der Waals surface area contributed by atoms with Crippen LogP contribution in [0.4, 0.5) is 5.82 Å². The monoisotopic (exact) mass is 276 g/mol. The van der Waals surface area contributed by atoms with Gasteiger partial charge in [0.1, 0.15) is 12.1 Å². The minimum absolute atomic E-state index is 0.257. The molecule has 108 valence electrons. The molecule has 1 unspecified atom stereocenters. The second kappa shape index (κ2) is 5.24. The fourth-order valence-electron chi connectivity index (χ4n) is 2.68. The molecule has 0 radical (unpaired) electrons. The zero-order chi connectivity index (χ0) is 14.1. The van der Waals surface area contributed by atoms with Gasteiger partial charge in [0.2, 0.25) is 0 Å². The molecule has 20 heavy (non-hydrogen) atoms. The topological polar surface area (TPSA) is 78.3 Å². The summed E-state index contributed by atoms with van der Waals surface area (Å²) in [5, 5.41) is 9.93. The molecule has 2 N–H and O–H groups in total. The smallest absolute Gasteiger partial charge is 0.348 e. The lowest BCUT2D eigenvalue weighted by molar-refractivity contribution is 0.549. The predicted octanol–water partition coefficient (Wildman–Crippen LogP) is 0.384. The van der Waals surface area contributed by atoms with E-state index in [0.29, 0.717) is 17.7 Å². The SMILES string of the molecule is CC(C)N(CC1CCCN1)c1cc2n[nH]c(=O)n2cn1. The van der Waals surface area contributed by atoms with Crippen molar-refractivity contribution in [2.45, 2.75) is 38.8 Å². The van der Waals surface area contributed by atoms with Crippen LogP contribution >= 0.6 is 0 Å². The van der Waals surface area contributed by atoms with E-state index in [4.69, 9.17) is 0 Å². The standard InChI is InChI=1S/C13H20N6O/c1-9(2)18(7-10-4-3-5-14-10)11-6-12-16-17-13(20)19(12)8-15-11/h6,8-10,14H,3-5,7H2,1-2H3,(H,17,20). The number of H-pyrrole nitrogens is 1. The van der Waals surface area contributed by atoms with Gasteiger partial charge in [-0.05, 0) is 33.2 Å². The lowest BCUT2D eigenvalue weighted by Gasteiger charge is -2.30. The molecular weight excluding hydrogens is 256 g/mol. The van der Waals surface area contributed by atoms with E-state index >= 15 is 0 Å². The van der Waals surface area contributed by atoms with Crippen LogP contribution in [0.1, 0.15) is 26.7 Å². The molecule has 0 aliphatic carbocycles. The lowest BCUT2D eigenvalue weighted by atomic mass is 10.2. The highest BCUT2D eigenvalue weighted by Crippen LogP contribution is 2.17. The first-order valence-corrected chi connectivity index (χ1v) is 7.08. The molecule has 1 aliphatic heterocycles. The van der Waals surface area contributed by atoms with Crippen LogP contribution in [0.2, 0.25) is 0 Å². The largest absolute Gasteiger partial charge is 0.352 e. The number of nitrogens with one attached hydrogen (secondary N) is 2. The maximum atomic E-state index is 11.5. The average Bonchev–Trinajstić information content (AvgIpc) is 3.06. The van der Waals surface area contributed by atoms with Gasteiger partial charge in [0.05, 0.1) is 0 Å². The van der Waals surface area contributed by atoms with Gasteiger partial charge in [-0.25, -0.2) is 19.3 Å². The summed E-state index contributed by atoms with van der Waals surface area (Å²) in [6.07, 6.45) is 3.97.